The van der Waals surface area contributed by atoms with Gasteiger partial charge in [-0.15, -0.1) is 0 Å². The lowest BCUT2D eigenvalue weighted by Gasteiger charge is -2.10. The number of carbonyl (C=O) groups is 1. The molecule has 0 heterocycles. The van der Waals surface area contributed by atoms with Crippen molar-refractivity contribution in [1.82, 2.24) is 5.43 Å². The van der Waals surface area contributed by atoms with Crippen LogP contribution in [0.25, 0.3) is 0 Å². The molecule has 0 atom stereocenters. The zero-order valence-electron chi connectivity index (χ0n) is 12.7. The van der Waals surface area contributed by atoms with Gasteiger partial charge in [0.1, 0.15) is 0 Å². The van der Waals surface area contributed by atoms with Crippen LogP contribution in [0.1, 0.15) is 44.1 Å². The van der Waals surface area contributed by atoms with Crippen LogP contribution >= 0.6 is 0 Å². The highest BCUT2D eigenvalue weighted by Crippen LogP contribution is 2.30. The molecule has 0 aliphatic heterocycles. The lowest BCUT2D eigenvalue weighted by Crippen LogP contribution is -2.27. The molecule has 0 radical (unpaired) electrons. The fourth-order valence-electron chi connectivity index (χ4n) is 2.42. The second-order valence-electron chi connectivity index (χ2n) is 5.56. The maximum absolute atomic E-state index is 12.6. The summed E-state index contributed by atoms with van der Waals surface area (Å²) in [6.07, 6.45) is 1.91. The van der Waals surface area contributed by atoms with E-state index in [0.717, 1.165) is 43.5 Å². The molecule has 23 heavy (non-hydrogen) atoms. The Bertz CT molecular complexity index is 560. The summed E-state index contributed by atoms with van der Waals surface area (Å²) in [5.41, 5.74) is 2.94. The van der Waals surface area contributed by atoms with Crippen LogP contribution in [0.2, 0.25) is 0 Å². The van der Waals surface area contributed by atoms with Crippen LogP contribution in [-0.4, -0.2) is 18.2 Å². The Morgan fingerprint density at radius 1 is 1.13 bits per heavy atom. The number of nitrogens with zero attached hydrogens (tertiary/aromatic N) is 1. The average molecular weight is 327 g/mol. The summed E-state index contributed by atoms with van der Waals surface area (Å²) >= 11 is 0. The van der Waals surface area contributed by atoms with Crippen LogP contribution < -0.4 is 10.7 Å². The van der Waals surface area contributed by atoms with Crippen molar-refractivity contribution in [2.45, 2.75) is 44.7 Å². The van der Waals surface area contributed by atoms with Crippen LogP contribution in [0.4, 0.5) is 18.9 Å². The Balaban J connectivity index is 1.83. The first-order valence-corrected chi connectivity index (χ1v) is 7.70. The molecule has 1 aliphatic carbocycles. The molecular formula is C16H20F3N3O. The van der Waals surface area contributed by atoms with Gasteiger partial charge in [-0.1, -0.05) is 18.9 Å². The van der Waals surface area contributed by atoms with E-state index in [1.807, 2.05) is 0 Å². The van der Waals surface area contributed by atoms with Crippen molar-refractivity contribution < 1.29 is 18.0 Å². The molecule has 4 nitrogen and oxygen atoms in total. The van der Waals surface area contributed by atoms with E-state index >= 15 is 0 Å². The summed E-state index contributed by atoms with van der Waals surface area (Å²) in [5.74, 6) is -0.376. The molecule has 1 saturated carbocycles. The summed E-state index contributed by atoms with van der Waals surface area (Å²) in [6, 6.07) is 4.75. The van der Waals surface area contributed by atoms with E-state index in [9.17, 15) is 18.0 Å². The van der Waals surface area contributed by atoms with E-state index in [1.165, 1.54) is 25.0 Å². The number of anilines is 1. The third kappa shape index (κ3) is 5.92. The Labute approximate surface area is 133 Å². The van der Waals surface area contributed by atoms with Gasteiger partial charge in [-0.05, 0) is 43.9 Å². The van der Waals surface area contributed by atoms with Gasteiger partial charge in [0.2, 0.25) is 0 Å². The van der Waals surface area contributed by atoms with Crippen molar-refractivity contribution in [2.24, 2.45) is 5.10 Å². The minimum atomic E-state index is -4.40. The smallest absolute Gasteiger partial charge is 0.376 e. The lowest BCUT2D eigenvalue weighted by molar-refractivity contribution is -0.137. The predicted octanol–water partition coefficient (Wildman–Crippen LogP) is 3.94. The van der Waals surface area contributed by atoms with E-state index in [-0.39, 0.29) is 18.1 Å². The Morgan fingerprint density at radius 2 is 1.83 bits per heavy atom. The molecule has 0 spiro atoms. The summed E-state index contributed by atoms with van der Waals surface area (Å²) in [7, 11) is 0. The van der Waals surface area contributed by atoms with Gasteiger partial charge in [0.25, 0.3) is 5.91 Å². The fourth-order valence-corrected chi connectivity index (χ4v) is 2.42. The first kappa shape index (κ1) is 17.3. The fraction of sp³-hybridized carbons (Fsp3) is 0.500. The van der Waals surface area contributed by atoms with Crippen LogP contribution in [0, 0.1) is 0 Å². The number of rotatable bonds is 4. The average Bonchev–Trinajstić information content (AvgIpc) is 2.79. The molecule has 0 aromatic heterocycles. The molecule has 1 aliphatic rings. The molecule has 7 heteroatoms. The predicted molar refractivity (Wildman–Crippen MR) is 83.2 cm³/mol. The van der Waals surface area contributed by atoms with Crippen LogP contribution in [0.15, 0.2) is 29.4 Å². The summed E-state index contributed by atoms with van der Waals surface area (Å²) in [6.45, 7) is -0.127. The van der Waals surface area contributed by atoms with Gasteiger partial charge in [0.05, 0.1) is 12.1 Å². The molecule has 1 amide bonds. The highest BCUT2D eigenvalue weighted by molar-refractivity contribution is 5.87. The van der Waals surface area contributed by atoms with Crippen molar-refractivity contribution in [2.75, 3.05) is 11.9 Å². The quantitative estimate of drug-likeness (QED) is 0.650. The number of nitrogens with one attached hydrogen (secondary N) is 2. The monoisotopic (exact) mass is 327 g/mol. The molecule has 0 unspecified atom stereocenters. The maximum Gasteiger partial charge on any atom is 0.416 e. The van der Waals surface area contributed by atoms with Gasteiger partial charge >= 0.3 is 6.18 Å². The Hall–Kier alpha value is -2.05. The highest BCUT2D eigenvalue weighted by Gasteiger charge is 2.30. The first-order valence-electron chi connectivity index (χ1n) is 7.70. The normalized spacial score (nSPS) is 15.7. The SMILES string of the molecule is O=C(CNc1cccc(C(F)(F)F)c1)NN=C1CCCCCC1. The van der Waals surface area contributed by atoms with E-state index in [0.29, 0.717) is 0 Å². The molecule has 2 N–H and O–H groups in total. The van der Waals surface area contributed by atoms with Crippen molar-refractivity contribution in [1.29, 1.82) is 0 Å². The van der Waals surface area contributed by atoms with Crippen molar-refractivity contribution in [3.8, 4) is 0 Å². The number of halogens is 3. The zero-order chi connectivity index (χ0) is 16.7. The molecule has 1 aromatic carbocycles. The van der Waals surface area contributed by atoms with E-state index in [4.69, 9.17) is 0 Å². The number of hydrogen-bond donors (Lipinski definition) is 2. The molecule has 0 bridgehead atoms. The number of hydrogen-bond acceptors (Lipinski definition) is 3. The first-order chi connectivity index (χ1) is 10.9. The Morgan fingerprint density at radius 3 is 2.48 bits per heavy atom. The van der Waals surface area contributed by atoms with Gasteiger partial charge in [0.15, 0.2) is 0 Å². The number of alkyl halides is 3. The third-order valence-corrected chi connectivity index (χ3v) is 3.66. The highest BCUT2D eigenvalue weighted by atomic mass is 19.4. The van der Waals surface area contributed by atoms with Crippen molar-refractivity contribution >= 4 is 17.3 Å². The van der Waals surface area contributed by atoms with E-state index in [1.54, 1.807) is 0 Å². The lowest BCUT2D eigenvalue weighted by atomic mass is 10.2. The maximum atomic E-state index is 12.6. The van der Waals surface area contributed by atoms with Crippen LogP contribution in [0.5, 0.6) is 0 Å². The topological polar surface area (TPSA) is 53.5 Å². The van der Waals surface area contributed by atoms with Gasteiger partial charge in [0, 0.05) is 11.4 Å². The minimum Gasteiger partial charge on any atom is -0.376 e. The molecule has 126 valence electrons. The van der Waals surface area contributed by atoms with Gasteiger partial charge in [-0.25, -0.2) is 5.43 Å². The molecule has 1 fully saturated rings. The van der Waals surface area contributed by atoms with E-state index < -0.39 is 11.7 Å². The van der Waals surface area contributed by atoms with Crippen LogP contribution in [0.3, 0.4) is 0 Å². The Kier molecular flexibility index (Phi) is 6.01. The van der Waals surface area contributed by atoms with Crippen molar-refractivity contribution in [3.05, 3.63) is 29.8 Å². The number of benzene rings is 1. The second kappa shape index (κ2) is 7.99. The number of hydrazone groups is 1. The second-order valence-corrected chi connectivity index (χ2v) is 5.56. The number of amides is 1. The van der Waals surface area contributed by atoms with Gasteiger partial charge < -0.3 is 5.32 Å². The van der Waals surface area contributed by atoms with Crippen LogP contribution in [-0.2, 0) is 11.0 Å². The zero-order valence-corrected chi connectivity index (χ0v) is 12.7. The third-order valence-electron chi connectivity index (χ3n) is 3.66. The van der Waals surface area contributed by atoms with Gasteiger partial charge in [-0.3, -0.25) is 4.79 Å². The minimum absolute atomic E-state index is 0.127. The summed E-state index contributed by atoms with van der Waals surface area (Å²) in [4.78, 5) is 11.7. The van der Waals surface area contributed by atoms with Gasteiger partial charge in [-0.2, -0.15) is 18.3 Å². The molecular weight excluding hydrogens is 307 g/mol. The molecule has 1 aromatic rings. The summed E-state index contributed by atoms with van der Waals surface area (Å²) < 4.78 is 37.8. The van der Waals surface area contributed by atoms with E-state index in [2.05, 4.69) is 15.8 Å². The van der Waals surface area contributed by atoms with Crippen molar-refractivity contribution in [3.63, 3.8) is 0 Å². The molecule has 2 rings (SSSR count). The molecule has 0 saturated heterocycles. The summed E-state index contributed by atoms with van der Waals surface area (Å²) in [5, 5.41) is 6.79. The standard InChI is InChI=1S/C16H20F3N3O/c17-16(18,19)12-6-5-9-14(10-12)20-11-15(23)22-21-13-7-3-1-2-4-8-13/h5-6,9-10,20H,1-4,7-8,11H2,(H,22,23). The largest absolute Gasteiger partial charge is 0.416 e. The number of carbonyl (C=O) groups excluding carboxylic acids is 1.